The molecule has 1 aromatic rings. The van der Waals surface area contributed by atoms with E-state index in [1.807, 2.05) is 31.1 Å². The number of rotatable bonds is 6. The van der Waals surface area contributed by atoms with Crippen LogP contribution < -0.4 is 4.72 Å². The minimum absolute atomic E-state index is 0.447. The molecule has 0 unspecified atom stereocenters. The van der Waals surface area contributed by atoms with Crippen molar-refractivity contribution in [3.05, 3.63) is 29.8 Å². The van der Waals surface area contributed by atoms with E-state index in [1.165, 1.54) is 5.56 Å². The average molecular weight is 272 g/mol. The second-order valence-corrected chi connectivity index (χ2v) is 6.83. The van der Waals surface area contributed by atoms with Crippen LogP contribution in [0.2, 0.25) is 0 Å². The lowest BCUT2D eigenvalue weighted by Gasteiger charge is -2.33. The zero-order valence-electron chi connectivity index (χ0n) is 11.6. The lowest BCUT2D eigenvalue weighted by atomic mass is 10.0. The molecule has 0 aliphatic heterocycles. The third-order valence-corrected chi connectivity index (χ3v) is 4.27. The van der Waals surface area contributed by atoms with E-state index in [1.54, 1.807) is 12.1 Å². The molecule has 104 valence electrons. The molecule has 1 rings (SSSR count). The highest BCUT2D eigenvalue weighted by Gasteiger charge is 2.14. The second-order valence-electron chi connectivity index (χ2n) is 4.97. The Bertz CT molecular complexity index is 364. The molecular weight excluding hydrogens is 248 g/mol. The summed E-state index contributed by atoms with van der Waals surface area (Å²) in [5, 5.41) is 0. The highest BCUT2D eigenvalue weighted by atomic mass is 32.3. The summed E-state index contributed by atoms with van der Waals surface area (Å²) in [6.45, 7) is 5.53. The lowest BCUT2D eigenvalue weighted by molar-refractivity contribution is 0.403. The van der Waals surface area contributed by atoms with Gasteiger partial charge in [-0.3, -0.25) is 9.11 Å². The number of likely N-dealkylation sites (N-methyl/N-ethyl adjacent to an activating group) is 1. The molecule has 0 aliphatic carbocycles. The summed E-state index contributed by atoms with van der Waals surface area (Å²) in [6, 6.07) is 7.46. The van der Waals surface area contributed by atoms with Gasteiger partial charge >= 0.3 is 0 Å². The minimum Gasteiger partial charge on any atom is -0.308 e. The van der Waals surface area contributed by atoms with Crippen molar-refractivity contribution < 1.29 is 9.11 Å². The molecule has 1 aromatic carbocycles. The van der Waals surface area contributed by atoms with Crippen LogP contribution in [0.3, 0.4) is 0 Å². The summed E-state index contributed by atoms with van der Waals surface area (Å²) in [6.07, 6.45) is 0. The average Bonchev–Trinajstić information content (AvgIpc) is 2.28. The Balaban J connectivity index is 2.66. The van der Waals surface area contributed by atoms with E-state index in [9.17, 15) is 9.11 Å². The Kier molecular flexibility index (Phi) is 5.62. The highest BCUT2D eigenvalue weighted by Crippen LogP contribution is 2.43. The number of benzene rings is 1. The molecule has 3 N–H and O–H groups in total. The summed E-state index contributed by atoms with van der Waals surface area (Å²) < 4.78 is 22.9. The Labute approximate surface area is 111 Å². The van der Waals surface area contributed by atoms with E-state index >= 15 is 0 Å². The Hall–Kier alpha value is -0.590. The number of nitrogens with one attached hydrogen (secondary N) is 1. The lowest BCUT2D eigenvalue weighted by Crippen LogP contribution is -2.29. The predicted octanol–water partition coefficient (Wildman–Crippen LogP) is 2.99. The van der Waals surface area contributed by atoms with E-state index in [0.717, 1.165) is 6.54 Å². The Morgan fingerprint density at radius 2 is 1.72 bits per heavy atom. The van der Waals surface area contributed by atoms with Gasteiger partial charge in [0, 0.05) is 13.1 Å². The maximum atomic E-state index is 10.0. The second kappa shape index (κ2) is 6.54. The zero-order valence-corrected chi connectivity index (χ0v) is 12.4. The van der Waals surface area contributed by atoms with Crippen molar-refractivity contribution in [2.24, 2.45) is 0 Å². The maximum absolute atomic E-state index is 10.0. The molecule has 0 aromatic heterocycles. The van der Waals surface area contributed by atoms with Crippen LogP contribution in [0.4, 0.5) is 0 Å². The molecule has 0 amide bonds. The molecule has 0 atom stereocenters. The summed E-state index contributed by atoms with van der Waals surface area (Å²) in [4.78, 5) is 2.54. The van der Waals surface area contributed by atoms with Gasteiger partial charge in [0.1, 0.15) is 0 Å². The molecule has 0 fully saturated rings. The molecule has 0 radical (unpaired) electrons. The van der Waals surface area contributed by atoms with Crippen molar-refractivity contribution in [3.8, 4) is 0 Å². The fourth-order valence-corrected chi connectivity index (χ4v) is 2.60. The topological polar surface area (TPSA) is 55.7 Å². The molecule has 5 heteroatoms. The smallest absolute Gasteiger partial charge is 0.0750 e. The number of hydrogen-bond acceptors (Lipinski definition) is 4. The van der Waals surface area contributed by atoms with Crippen LogP contribution in [0.1, 0.15) is 25.3 Å². The summed E-state index contributed by atoms with van der Waals surface area (Å²) in [5.41, 5.74) is 1.20. The molecule has 0 aliphatic rings. The molecule has 4 nitrogen and oxygen atoms in total. The van der Waals surface area contributed by atoms with E-state index in [0.29, 0.717) is 17.4 Å². The van der Waals surface area contributed by atoms with Crippen LogP contribution in [0.5, 0.6) is 0 Å². The largest absolute Gasteiger partial charge is 0.308 e. The summed E-state index contributed by atoms with van der Waals surface area (Å²) in [5.74, 6) is 0.447. The first-order valence-electron chi connectivity index (χ1n) is 6.10. The minimum atomic E-state index is -2.88. The highest BCUT2D eigenvalue weighted by molar-refractivity contribution is 8.22. The Morgan fingerprint density at radius 1 is 1.17 bits per heavy atom. The van der Waals surface area contributed by atoms with E-state index in [4.69, 9.17) is 0 Å². The van der Waals surface area contributed by atoms with Crippen molar-refractivity contribution in [2.45, 2.75) is 24.7 Å². The zero-order chi connectivity index (χ0) is 13.8. The van der Waals surface area contributed by atoms with Gasteiger partial charge in [0.25, 0.3) is 0 Å². The van der Waals surface area contributed by atoms with E-state index < -0.39 is 10.8 Å². The van der Waals surface area contributed by atoms with Gasteiger partial charge in [0.15, 0.2) is 0 Å². The fourth-order valence-electron chi connectivity index (χ4n) is 1.54. The molecule has 18 heavy (non-hydrogen) atoms. The molecule has 0 heterocycles. The number of hydrogen-bond donors (Lipinski definition) is 3. The van der Waals surface area contributed by atoms with Crippen LogP contribution in [-0.4, -0.2) is 41.2 Å². The normalized spacial score (nSPS) is 13.3. The van der Waals surface area contributed by atoms with Crippen molar-refractivity contribution in [1.29, 1.82) is 0 Å². The molecule has 0 saturated carbocycles. The Morgan fingerprint density at radius 3 is 2.17 bits per heavy atom. The van der Waals surface area contributed by atoms with E-state index in [2.05, 4.69) is 18.6 Å². The van der Waals surface area contributed by atoms with Gasteiger partial charge in [-0.2, -0.15) is 0 Å². The van der Waals surface area contributed by atoms with Crippen LogP contribution >= 0.6 is 10.8 Å². The quantitative estimate of drug-likeness (QED) is 0.745. The predicted molar refractivity (Wildman–Crippen MR) is 78.2 cm³/mol. The fraction of sp³-hybridized carbons (Fsp3) is 0.538. The van der Waals surface area contributed by atoms with Gasteiger partial charge in [-0.25, -0.2) is 4.72 Å². The summed E-state index contributed by atoms with van der Waals surface area (Å²) >= 11 is 0. The first-order chi connectivity index (χ1) is 8.33. The van der Waals surface area contributed by atoms with Gasteiger partial charge in [-0.15, -0.1) is 10.8 Å². The van der Waals surface area contributed by atoms with Crippen molar-refractivity contribution in [3.63, 3.8) is 0 Å². The van der Waals surface area contributed by atoms with Crippen molar-refractivity contribution >= 4 is 10.8 Å². The van der Waals surface area contributed by atoms with Gasteiger partial charge < -0.3 is 4.90 Å². The first kappa shape index (κ1) is 15.5. The standard InChI is InChI=1S/C13H24N2O2S/c1-11(2)12-5-7-13(8-6-12)18(16,17)14-9-10-15(3)4/h5-8,11,14,16-17H,9-10H2,1-4H3. The van der Waals surface area contributed by atoms with Gasteiger partial charge in [-0.05, 0) is 37.7 Å². The van der Waals surface area contributed by atoms with Gasteiger partial charge in [0.2, 0.25) is 0 Å². The van der Waals surface area contributed by atoms with E-state index in [-0.39, 0.29) is 0 Å². The van der Waals surface area contributed by atoms with Crippen LogP contribution in [0.15, 0.2) is 29.2 Å². The van der Waals surface area contributed by atoms with Crippen LogP contribution in [-0.2, 0) is 0 Å². The molecular formula is C13H24N2O2S. The van der Waals surface area contributed by atoms with Crippen LogP contribution in [0.25, 0.3) is 0 Å². The van der Waals surface area contributed by atoms with Gasteiger partial charge in [0.05, 0.1) is 4.90 Å². The molecule has 0 saturated heterocycles. The van der Waals surface area contributed by atoms with Gasteiger partial charge in [-0.1, -0.05) is 26.0 Å². The van der Waals surface area contributed by atoms with Crippen LogP contribution in [0, 0.1) is 0 Å². The first-order valence-corrected chi connectivity index (χ1v) is 7.65. The third-order valence-electron chi connectivity index (χ3n) is 2.74. The van der Waals surface area contributed by atoms with Crippen molar-refractivity contribution in [1.82, 2.24) is 9.62 Å². The SMILES string of the molecule is CC(C)c1ccc(S(O)(O)NCCN(C)C)cc1. The molecule has 0 bridgehead atoms. The number of nitrogens with zero attached hydrogens (tertiary/aromatic N) is 1. The monoisotopic (exact) mass is 272 g/mol. The van der Waals surface area contributed by atoms with Crippen molar-refractivity contribution in [2.75, 3.05) is 27.2 Å². The third kappa shape index (κ3) is 4.59. The molecule has 0 spiro atoms. The summed E-state index contributed by atoms with van der Waals surface area (Å²) in [7, 11) is 1.02. The maximum Gasteiger partial charge on any atom is 0.0750 e.